The van der Waals surface area contributed by atoms with Gasteiger partial charge in [0.1, 0.15) is 0 Å². The van der Waals surface area contributed by atoms with Crippen LogP contribution >= 0.6 is 0 Å². The highest BCUT2D eigenvalue weighted by Gasteiger charge is 2.33. The van der Waals surface area contributed by atoms with E-state index in [1.807, 2.05) is 18.7 Å². The fraction of sp³-hybridized carbons (Fsp3) is 0.706. The van der Waals surface area contributed by atoms with Gasteiger partial charge in [0.25, 0.3) is 0 Å². The molecule has 0 bridgehead atoms. The zero-order valence-electron chi connectivity index (χ0n) is 14.5. The van der Waals surface area contributed by atoms with E-state index >= 15 is 0 Å². The zero-order valence-corrected chi connectivity index (χ0v) is 14.5. The Bertz CT molecular complexity index is 561. The summed E-state index contributed by atoms with van der Waals surface area (Å²) in [6.07, 6.45) is 3.64. The van der Waals surface area contributed by atoms with E-state index in [0.29, 0.717) is 31.5 Å². The van der Waals surface area contributed by atoms with Gasteiger partial charge in [0.15, 0.2) is 0 Å². The normalized spacial score (nSPS) is 24.8. The molecule has 2 atom stereocenters. The van der Waals surface area contributed by atoms with Crippen molar-refractivity contribution in [3.8, 4) is 5.88 Å². The third-order valence-electron chi connectivity index (χ3n) is 4.71. The van der Waals surface area contributed by atoms with Gasteiger partial charge in [-0.3, -0.25) is 4.79 Å². The molecular formula is C17H26N4O3. The Kier molecular flexibility index (Phi) is 5.50. The Balaban J connectivity index is 1.57. The summed E-state index contributed by atoms with van der Waals surface area (Å²) in [5.74, 6) is 1.49. The SMILES string of the molecule is CCOc1ccnc(N2CCN(C(=O)[C@@H]3CCCO[C@H]3C)CC2)n1. The zero-order chi connectivity index (χ0) is 16.9. The molecule has 24 heavy (non-hydrogen) atoms. The lowest BCUT2D eigenvalue weighted by Crippen LogP contribution is -2.52. The molecule has 2 fully saturated rings. The van der Waals surface area contributed by atoms with E-state index in [1.165, 1.54) is 0 Å². The second-order valence-electron chi connectivity index (χ2n) is 6.26. The van der Waals surface area contributed by atoms with Crippen molar-refractivity contribution < 1.29 is 14.3 Å². The first-order valence-corrected chi connectivity index (χ1v) is 8.80. The first-order chi connectivity index (χ1) is 11.7. The Morgan fingerprint density at radius 1 is 1.38 bits per heavy atom. The maximum Gasteiger partial charge on any atom is 0.228 e. The maximum absolute atomic E-state index is 12.7. The van der Waals surface area contributed by atoms with Crippen LogP contribution in [0.4, 0.5) is 5.95 Å². The molecule has 0 unspecified atom stereocenters. The van der Waals surface area contributed by atoms with Gasteiger partial charge in [0.2, 0.25) is 17.7 Å². The first kappa shape index (κ1) is 17.0. The van der Waals surface area contributed by atoms with Crippen LogP contribution < -0.4 is 9.64 Å². The number of rotatable bonds is 4. The van der Waals surface area contributed by atoms with E-state index < -0.39 is 0 Å². The third kappa shape index (κ3) is 3.77. The second kappa shape index (κ2) is 7.79. The molecule has 2 saturated heterocycles. The van der Waals surface area contributed by atoms with Gasteiger partial charge in [-0.25, -0.2) is 4.98 Å². The maximum atomic E-state index is 12.7. The van der Waals surface area contributed by atoms with Crippen molar-refractivity contribution >= 4 is 11.9 Å². The van der Waals surface area contributed by atoms with Crippen molar-refractivity contribution in [1.29, 1.82) is 0 Å². The van der Waals surface area contributed by atoms with Crippen molar-refractivity contribution in [3.63, 3.8) is 0 Å². The number of hydrogen-bond donors (Lipinski definition) is 0. The summed E-state index contributed by atoms with van der Waals surface area (Å²) in [4.78, 5) is 25.5. The molecule has 1 aromatic rings. The number of piperazine rings is 1. The number of ether oxygens (including phenoxy) is 2. The number of carbonyl (C=O) groups excluding carboxylic acids is 1. The van der Waals surface area contributed by atoms with Gasteiger partial charge in [0.05, 0.1) is 18.6 Å². The summed E-state index contributed by atoms with van der Waals surface area (Å²) < 4.78 is 11.1. The molecule has 0 radical (unpaired) electrons. The summed E-state index contributed by atoms with van der Waals surface area (Å²) in [5, 5.41) is 0. The molecule has 0 N–H and O–H groups in total. The predicted molar refractivity (Wildman–Crippen MR) is 90.1 cm³/mol. The van der Waals surface area contributed by atoms with Crippen LogP contribution in [0.1, 0.15) is 26.7 Å². The first-order valence-electron chi connectivity index (χ1n) is 8.80. The molecule has 3 heterocycles. The van der Waals surface area contributed by atoms with Gasteiger partial charge >= 0.3 is 0 Å². The largest absolute Gasteiger partial charge is 0.478 e. The van der Waals surface area contributed by atoms with E-state index in [9.17, 15) is 4.79 Å². The minimum absolute atomic E-state index is 0.00262. The number of nitrogens with zero attached hydrogens (tertiary/aromatic N) is 4. The average Bonchev–Trinajstić information content (AvgIpc) is 2.62. The van der Waals surface area contributed by atoms with E-state index in [0.717, 1.165) is 32.5 Å². The molecule has 3 rings (SSSR count). The minimum Gasteiger partial charge on any atom is -0.478 e. The highest BCUT2D eigenvalue weighted by molar-refractivity contribution is 5.79. The Morgan fingerprint density at radius 2 is 2.17 bits per heavy atom. The summed E-state index contributed by atoms with van der Waals surface area (Å²) in [5.41, 5.74) is 0. The fourth-order valence-corrected chi connectivity index (χ4v) is 3.32. The number of anilines is 1. The second-order valence-corrected chi connectivity index (χ2v) is 6.26. The Morgan fingerprint density at radius 3 is 2.88 bits per heavy atom. The lowest BCUT2D eigenvalue weighted by molar-refractivity contribution is -0.144. The molecule has 0 aromatic carbocycles. The van der Waals surface area contributed by atoms with Crippen molar-refractivity contribution in [3.05, 3.63) is 12.3 Å². The lowest BCUT2D eigenvalue weighted by Gasteiger charge is -2.38. The molecule has 7 heteroatoms. The van der Waals surface area contributed by atoms with Crippen LogP contribution in [0.15, 0.2) is 12.3 Å². The minimum atomic E-state index is 0.00262. The summed E-state index contributed by atoms with van der Waals surface area (Å²) in [7, 11) is 0. The standard InChI is InChI=1S/C17H26N4O3/c1-3-23-15-6-7-18-17(19-15)21-10-8-20(9-11-21)16(22)14-5-4-12-24-13(14)2/h6-7,13-14H,3-5,8-12H2,1-2H3/t13-,14+/m0/s1. The summed E-state index contributed by atoms with van der Waals surface area (Å²) >= 11 is 0. The van der Waals surface area contributed by atoms with Crippen LogP contribution in [0.25, 0.3) is 0 Å². The van der Waals surface area contributed by atoms with E-state index in [-0.39, 0.29) is 17.9 Å². The molecular weight excluding hydrogens is 308 g/mol. The van der Waals surface area contributed by atoms with Gasteiger partial charge in [-0.2, -0.15) is 4.98 Å². The van der Waals surface area contributed by atoms with Crippen LogP contribution in [-0.4, -0.2) is 66.3 Å². The number of amides is 1. The van der Waals surface area contributed by atoms with Crippen molar-refractivity contribution in [2.75, 3.05) is 44.3 Å². The van der Waals surface area contributed by atoms with E-state index in [2.05, 4.69) is 14.9 Å². The monoisotopic (exact) mass is 334 g/mol. The molecule has 0 saturated carbocycles. The van der Waals surface area contributed by atoms with E-state index in [4.69, 9.17) is 9.47 Å². The average molecular weight is 334 g/mol. The van der Waals surface area contributed by atoms with Gasteiger partial charge < -0.3 is 19.3 Å². The Hall–Kier alpha value is -1.89. The third-order valence-corrected chi connectivity index (χ3v) is 4.71. The molecule has 2 aliphatic rings. The lowest BCUT2D eigenvalue weighted by atomic mass is 9.93. The molecule has 0 aliphatic carbocycles. The van der Waals surface area contributed by atoms with Crippen molar-refractivity contribution in [1.82, 2.24) is 14.9 Å². The number of aromatic nitrogens is 2. The van der Waals surface area contributed by atoms with Crippen LogP contribution in [0.5, 0.6) is 5.88 Å². The van der Waals surface area contributed by atoms with Crippen LogP contribution in [0.2, 0.25) is 0 Å². The quantitative estimate of drug-likeness (QED) is 0.828. The van der Waals surface area contributed by atoms with Crippen LogP contribution in [0, 0.1) is 5.92 Å². The van der Waals surface area contributed by atoms with Crippen LogP contribution in [0.3, 0.4) is 0 Å². The van der Waals surface area contributed by atoms with Crippen molar-refractivity contribution in [2.45, 2.75) is 32.8 Å². The highest BCUT2D eigenvalue weighted by atomic mass is 16.5. The Labute approximate surface area is 143 Å². The number of hydrogen-bond acceptors (Lipinski definition) is 6. The molecule has 7 nitrogen and oxygen atoms in total. The molecule has 2 aliphatic heterocycles. The smallest absolute Gasteiger partial charge is 0.228 e. The van der Waals surface area contributed by atoms with Gasteiger partial charge in [-0.1, -0.05) is 0 Å². The predicted octanol–water partition coefficient (Wildman–Crippen LogP) is 1.34. The molecule has 1 aromatic heterocycles. The van der Waals surface area contributed by atoms with Gasteiger partial charge in [-0.15, -0.1) is 0 Å². The van der Waals surface area contributed by atoms with Crippen LogP contribution in [-0.2, 0) is 9.53 Å². The number of carbonyl (C=O) groups is 1. The van der Waals surface area contributed by atoms with Gasteiger partial charge in [-0.05, 0) is 26.7 Å². The summed E-state index contributed by atoms with van der Waals surface area (Å²) in [6.45, 7) is 8.17. The highest BCUT2D eigenvalue weighted by Crippen LogP contribution is 2.24. The topological polar surface area (TPSA) is 67.8 Å². The summed E-state index contributed by atoms with van der Waals surface area (Å²) in [6, 6.07) is 1.76. The van der Waals surface area contributed by atoms with Crippen molar-refractivity contribution in [2.24, 2.45) is 5.92 Å². The van der Waals surface area contributed by atoms with E-state index in [1.54, 1.807) is 12.3 Å². The molecule has 0 spiro atoms. The van der Waals surface area contributed by atoms with Gasteiger partial charge in [0, 0.05) is 45.0 Å². The molecule has 1 amide bonds. The fourth-order valence-electron chi connectivity index (χ4n) is 3.32. The molecule has 132 valence electrons.